The molecule has 1 heterocycles. The number of carbonyl (C=O) groups is 5. The SMILES string of the molecule is NCCCC[C@@H]1NC(=O)[C@H](CCC(=O)O)NC(=O)c2cc(N=C(N)N)ccc2OCc2ccc(C(N)=O)cc2NC1=O. The number of primary amides is 1. The van der Waals surface area contributed by atoms with Gasteiger partial charge in [-0.2, -0.15) is 0 Å². The van der Waals surface area contributed by atoms with Crippen LogP contribution >= 0.6 is 0 Å². The molecule has 3 rings (SSSR count). The zero-order valence-corrected chi connectivity index (χ0v) is 22.7. The van der Waals surface area contributed by atoms with Crippen LogP contribution in [0.15, 0.2) is 41.4 Å². The van der Waals surface area contributed by atoms with E-state index in [-0.39, 0.29) is 53.7 Å². The molecule has 4 amide bonds. The van der Waals surface area contributed by atoms with Crippen LogP contribution in [0.1, 0.15) is 58.4 Å². The van der Waals surface area contributed by atoms with Gasteiger partial charge in [0.05, 0.1) is 11.3 Å². The third-order valence-corrected chi connectivity index (χ3v) is 6.35. The number of anilines is 1. The van der Waals surface area contributed by atoms with Crippen molar-refractivity contribution in [2.45, 2.75) is 50.8 Å². The Morgan fingerprint density at radius 1 is 0.952 bits per heavy atom. The first kappa shape index (κ1) is 31.3. The van der Waals surface area contributed by atoms with Gasteiger partial charge in [-0.15, -0.1) is 0 Å². The van der Waals surface area contributed by atoms with Crippen molar-refractivity contribution in [3.63, 3.8) is 0 Å². The number of nitrogens with zero attached hydrogens (tertiary/aromatic N) is 1. The van der Waals surface area contributed by atoms with E-state index in [1.807, 2.05) is 0 Å². The summed E-state index contributed by atoms with van der Waals surface area (Å²) in [5, 5.41) is 17.1. The van der Waals surface area contributed by atoms with E-state index in [0.29, 0.717) is 24.9 Å². The van der Waals surface area contributed by atoms with Crippen molar-refractivity contribution in [3.8, 4) is 5.75 Å². The smallest absolute Gasteiger partial charge is 0.303 e. The highest BCUT2D eigenvalue weighted by Gasteiger charge is 2.29. The topological polar surface area (TPSA) is 267 Å². The lowest BCUT2D eigenvalue weighted by Crippen LogP contribution is -2.53. The summed E-state index contributed by atoms with van der Waals surface area (Å²) < 4.78 is 5.94. The number of ether oxygens (including phenoxy) is 1. The normalized spacial score (nSPS) is 17.2. The van der Waals surface area contributed by atoms with Gasteiger partial charge in [-0.1, -0.05) is 6.07 Å². The molecule has 224 valence electrons. The Bertz CT molecular complexity index is 1390. The first-order valence-electron chi connectivity index (χ1n) is 13.1. The fourth-order valence-electron chi connectivity index (χ4n) is 4.19. The van der Waals surface area contributed by atoms with E-state index in [1.165, 1.54) is 30.3 Å². The van der Waals surface area contributed by atoms with Crippen LogP contribution in [-0.2, 0) is 21.0 Å². The number of nitrogens with two attached hydrogens (primary N) is 4. The van der Waals surface area contributed by atoms with Gasteiger partial charge in [-0.3, -0.25) is 24.0 Å². The fourth-order valence-corrected chi connectivity index (χ4v) is 4.19. The van der Waals surface area contributed by atoms with Crippen LogP contribution in [0.2, 0.25) is 0 Å². The quantitative estimate of drug-likeness (QED) is 0.109. The van der Waals surface area contributed by atoms with Crippen LogP contribution in [0, 0.1) is 0 Å². The number of amides is 4. The number of rotatable bonds is 9. The molecule has 0 unspecified atom stereocenters. The number of benzene rings is 2. The lowest BCUT2D eigenvalue weighted by Gasteiger charge is -2.25. The van der Waals surface area contributed by atoms with Crippen molar-refractivity contribution in [1.82, 2.24) is 10.6 Å². The van der Waals surface area contributed by atoms with Crippen molar-refractivity contribution in [1.29, 1.82) is 0 Å². The minimum Gasteiger partial charge on any atom is -0.488 e. The first-order valence-corrected chi connectivity index (χ1v) is 13.1. The minimum atomic E-state index is -1.32. The number of guanidine groups is 1. The number of carboxylic acid groups (broad SMARTS) is 1. The number of aliphatic carboxylic acids is 1. The molecule has 1 aliphatic heterocycles. The average Bonchev–Trinajstić information content (AvgIpc) is 2.93. The molecule has 0 saturated heterocycles. The highest BCUT2D eigenvalue weighted by atomic mass is 16.5. The lowest BCUT2D eigenvalue weighted by atomic mass is 10.0. The van der Waals surface area contributed by atoms with Crippen LogP contribution in [0.3, 0.4) is 0 Å². The molecular weight excluding hydrogens is 548 g/mol. The summed E-state index contributed by atoms with van der Waals surface area (Å²) in [5.74, 6) is -4.24. The van der Waals surface area contributed by atoms with E-state index in [0.717, 1.165) is 0 Å². The van der Waals surface area contributed by atoms with Gasteiger partial charge < -0.3 is 48.7 Å². The molecule has 0 saturated carbocycles. The van der Waals surface area contributed by atoms with E-state index in [2.05, 4.69) is 20.9 Å². The van der Waals surface area contributed by atoms with Crippen LogP contribution in [0.5, 0.6) is 5.75 Å². The molecule has 2 atom stereocenters. The Hall–Kier alpha value is -5.18. The Morgan fingerprint density at radius 2 is 1.69 bits per heavy atom. The van der Waals surface area contributed by atoms with E-state index in [4.69, 9.17) is 27.7 Å². The van der Waals surface area contributed by atoms with Crippen molar-refractivity contribution in [3.05, 3.63) is 53.1 Å². The van der Waals surface area contributed by atoms with E-state index in [9.17, 15) is 29.1 Å². The molecule has 15 nitrogen and oxygen atoms in total. The fraction of sp³-hybridized carbons (Fsp3) is 0.333. The van der Waals surface area contributed by atoms with Gasteiger partial charge in [0.2, 0.25) is 17.7 Å². The zero-order chi connectivity index (χ0) is 30.8. The second kappa shape index (κ2) is 14.5. The number of carboxylic acids is 1. The van der Waals surface area contributed by atoms with Crippen molar-refractivity contribution in [2.24, 2.45) is 27.9 Å². The molecule has 12 N–H and O–H groups in total. The van der Waals surface area contributed by atoms with Crippen LogP contribution < -0.4 is 43.6 Å². The number of nitrogens with one attached hydrogen (secondary N) is 3. The standard InChI is InChI=1S/C27H34N8O7/c28-10-2-1-3-18-25(40)35-20-11-14(23(29)38)4-5-15(20)13-42-21-8-6-16(32-27(30)31)12-17(21)24(39)33-19(26(41)34-18)7-9-22(36)37/h4-6,8,11-12,18-19H,1-3,7,9-10,13,28H2,(H2,29,38)(H,33,39)(H,34,41)(H,35,40)(H,36,37)(H4,30,31,32)/t18-,19-/m0/s1. The molecule has 2 aromatic rings. The molecule has 2 aromatic carbocycles. The minimum absolute atomic E-state index is 0.0403. The summed E-state index contributed by atoms with van der Waals surface area (Å²) >= 11 is 0. The van der Waals surface area contributed by atoms with Gasteiger partial charge in [0.25, 0.3) is 5.91 Å². The Kier molecular flexibility index (Phi) is 10.8. The molecule has 15 heteroatoms. The second-order valence-corrected chi connectivity index (χ2v) is 9.54. The summed E-state index contributed by atoms with van der Waals surface area (Å²) in [6.07, 6.45) is 0.547. The van der Waals surface area contributed by atoms with Gasteiger partial charge in [0, 0.05) is 23.2 Å². The number of aliphatic imine (C=N–C) groups is 1. The van der Waals surface area contributed by atoms with E-state index >= 15 is 0 Å². The highest BCUT2D eigenvalue weighted by Crippen LogP contribution is 2.28. The van der Waals surface area contributed by atoms with Crippen LogP contribution in [0.25, 0.3) is 0 Å². The third kappa shape index (κ3) is 8.66. The molecular formula is C27H34N8O7. The first-order chi connectivity index (χ1) is 20.0. The second-order valence-electron chi connectivity index (χ2n) is 9.54. The van der Waals surface area contributed by atoms with Gasteiger partial charge in [-0.05, 0) is 62.6 Å². The number of carbonyl (C=O) groups excluding carboxylic acids is 4. The van der Waals surface area contributed by atoms with E-state index in [1.54, 1.807) is 6.07 Å². The van der Waals surface area contributed by atoms with Crippen molar-refractivity contribution < 1.29 is 33.8 Å². The summed E-state index contributed by atoms with van der Waals surface area (Å²) in [6.45, 7) is 0.214. The molecule has 42 heavy (non-hydrogen) atoms. The maximum Gasteiger partial charge on any atom is 0.303 e. The maximum atomic E-state index is 13.5. The van der Waals surface area contributed by atoms with Crippen molar-refractivity contribution >= 4 is 46.9 Å². The largest absolute Gasteiger partial charge is 0.488 e. The highest BCUT2D eigenvalue weighted by molar-refractivity contribution is 6.03. The van der Waals surface area contributed by atoms with E-state index < -0.39 is 48.1 Å². The predicted octanol–water partition coefficient (Wildman–Crippen LogP) is -0.201. The molecule has 0 aromatic heterocycles. The van der Waals surface area contributed by atoms with Gasteiger partial charge in [0.15, 0.2) is 5.96 Å². The number of hydrogen-bond acceptors (Lipinski definition) is 8. The van der Waals surface area contributed by atoms with Gasteiger partial charge >= 0.3 is 5.97 Å². The Morgan fingerprint density at radius 3 is 2.36 bits per heavy atom. The molecule has 0 fully saturated rings. The Balaban J connectivity index is 2.12. The van der Waals surface area contributed by atoms with Crippen LogP contribution in [-0.4, -0.2) is 59.3 Å². The van der Waals surface area contributed by atoms with Crippen LogP contribution in [0.4, 0.5) is 11.4 Å². The zero-order valence-electron chi connectivity index (χ0n) is 22.7. The summed E-state index contributed by atoms with van der Waals surface area (Å²) in [6, 6.07) is 6.26. The maximum absolute atomic E-state index is 13.5. The summed E-state index contributed by atoms with van der Waals surface area (Å²) in [7, 11) is 0. The van der Waals surface area contributed by atoms with Gasteiger partial charge in [-0.25, -0.2) is 4.99 Å². The Labute approximate surface area is 241 Å². The summed E-state index contributed by atoms with van der Waals surface area (Å²) in [4.78, 5) is 67.4. The monoisotopic (exact) mass is 582 g/mol. The summed E-state index contributed by atoms with van der Waals surface area (Å²) in [5.41, 5.74) is 23.0. The van der Waals surface area contributed by atoms with Gasteiger partial charge in [0.1, 0.15) is 24.4 Å². The molecule has 0 aliphatic carbocycles. The molecule has 0 spiro atoms. The van der Waals surface area contributed by atoms with Crippen molar-refractivity contribution in [2.75, 3.05) is 11.9 Å². The number of fused-ring (bicyclic) bond motifs is 2. The third-order valence-electron chi connectivity index (χ3n) is 6.35. The lowest BCUT2D eigenvalue weighted by molar-refractivity contribution is -0.137. The average molecular weight is 583 g/mol. The number of unbranched alkanes of at least 4 members (excludes halogenated alkanes) is 1. The predicted molar refractivity (Wildman–Crippen MR) is 153 cm³/mol. The molecule has 1 aliphatic rings. The molecule has 0 radical (unpaired) electrons. The number of hydrogen-bond donors (Lipinski definition) is 8. The molecule has 0 bridgehead atoms.